The number of rotatable bonds is 5. The quantitative estimate of drug-likeness (QED) is 0.394. The summed E-state index contributed by atoms with van der Waals surface area (Å²) < 4.78 is 18.4. The van der Waals surface area contributed by atoms with Crippen LogP contribution >= 0.6 is 11.6 Å². The molecule has 0 aliphatic carbocycles. The number of hydrogen-bond acceptors (Lipinski definition) is 4. The fourth-order valence-corrected chi connectivity index (χ4v) is 4.75. The Kier molecular flexibility index (Phi) is 6.38. The van der Waals surface area contributed by atoms with E-state index in [-0.39, 0.29) is 16.4 Å². The van der Waals surface area contributed by atoms with Crippen LogP contribution in [0.3, 0.4) is 0 Å². The molecule has 0 saturated carbocycles. The van der Waals surface area contributed by atoms with E-state index in [1.807, 2.05) is 31.2 Å². The minimum Gasteiger partial charge on any atom is -0.319 e. The third kappa shape index (κ3) is 4.71. The van der Waals surface area contributed by atoms with E-state index in [1.165, 1.54) is 6.07 Å². The largest absolute Gasteiger partial charge is 0.319 e. The average Bonchev–Trinajstić information content (AvgIpc) is 3.26. The van der Waals surface area contributed by atoms with Gasteiger partial charge in [0.15, 0.2) is 5.82 Å². The van der Waals surface area contributed by atoms with Gasteiger partial charge in [-0.05, 0) is 50.5 Å². The first-order chi connectivity index (χ1) is 16.9. The van der Waals surface area contributed by atoms with E-state index >= 15 is 0 Å². The van der Waals surface area contributed by atoms with Crippen molar-refractivity contribution in [2.75, 3.05) is 5.32 Å². The Morgan fingerprint density at radius 3 is 2.69 bits per heavy atom. The Morgan fingerprint density at radius 2 is 1.89 bits per heavy atom. The zero-order valence-electron chi connectivity index (χ0n) is 19.7. The molecule has 0 atom stereocenters. The van der Waals surface area contributed by atoms with Gasteiger partial charge in [-0.3, -0.25) is 4.79 Å². The van der Waals surface area contributed by atoms with Crippen molar-refractivity contribution in [3.05, 3.63) is 81.6 Å². The molecule has 0 bridgehead atoms. The molecule has 5 rings (SSSR count). The Morgan fingerprint density at radius 1 is 1.09 bits per heavy atom. The molecule has 9 heteroatoms. The standard InChI is InChI=1S/C26H26ClFN6O/c1-16-7-9-18(10-8-16)15-34-24(27)23(17(2)32-34)26(35)29-21-14-19(11-12-20(21)28)25-31-30-22-6-4-3-5-13-33(22)25/h7-12,14H,3-6,13,15H2,1-2H3,(H,29,35). The number of anilines is 1. The third-order valence-corrected chi connectivity index (χ3v) is 6.71. The van der Waals surface area contributed by atoms with Crippen molar-refractivity contribution in [1.29, 1.82) is 0 Å². The molecule has 0 fully saturated rings. The molecule has 2 aromatic heterocycles. The Balaban J connectivity index is 1.40. The predicted octanol–water partition coefficient (Wildman–Crippen LogP) is 5.58. The lowest BCUT2D eigenvalue weighted by Crippen LogP contribution is -2.14. The van der Waals surface area contributed by atoms with Crippen LogP contribution in [0.15, 0.2) is 42.5 Å². The summed E-state index contributed by atoms with van der Waals surface area (Å²) in [5.74, 6) is 0.561. The summed E-state index contributed by atoms with van der Waals surface area (Å²) in [5.41, 5.74) is 3.61. The van der Waals surface area contributed by atoms with Gasteiger partial charge in [-0.25, -0.2) is 9.07 Å². The highest BCUT2D eigenvalue weighted by Crippen LogP contribution is 2.28. The Hall–Kier alpha value is -3.52. The van der Waals surface area contributed by atoms with Crippen molar-refractivity contribution >= 4 is 23.2 Å². The summed E-state index contributed by atoms with van der Waals surface area (Å²) in [6.07, 6.45) is 4.15. The SMILES string of the molecule is Cc1ccc(Cn2nc(C)c(C(=O)Nc3cc(-c4nnc5n4CCCCC5)ccc3F)c2Cl)cc1. The molecule has 1 amide bonds. The summed E-state index contributed by atoms with van der Waals surface area (Å²) in [7, 11) is 0. The molecule has 2 aromatic carbocycles. The fraction of sp³-hybridized carbons (Fsp3) is 0.308. The Bertz CT molecular complexity index is 1390. The van der Waals surface area contributed by atoms with Gasteiger partial charge in [-0.1, -0.05) is 47.9 Å². The number of carbonyl (C=O) groups excluding carboxylic acids is 1. The van der Waals surface area contributed by atoms with Gasteiger partial charge in [0.25, 0.3) is 5.91 Å². The molecule has 0 saturated heterocycles. The molecule has 1 N–H and O–H groups in total. The lowest BCUT2D eigenvalue weighted by Gasteiger charge is -2.11. The van der Waals surface area contributed by atoms with Gasteiger partial charge in [0.2, 0.25) is 0 Å². The smallest absolute Gasteiger partial charge is 0.260 e. The number of fused-ring (bicyclic) bond motifs is 1. The topological polar surface area (TPSA) is 77.6 Å². The summed E-state index contributed by atoms with van der Waals surface area (Å²) >= 11 is 6.54. The number of halogens is 2. The van der Waals surface area contributed by atoms with Crippen molar-refractivity contribution in [1.82, 2.24) is 24.5 Å². The highest BCUT2D eigenvalue weighted by molar-refractivity contribution is 6.33. The Labute approximate surface area is 207 Å². The van der Waals surface area contributed by atoms with Crippen LogP contribution < -0.4 is 5.32 Å². The zero-order valence-corrected chi connectivity index (χ0v) is 20.4. The first kappa shape index (κ1) is 23.2. The molecule has 1 aliphatic heterocycles. The van der Waals surface area contributed by atoms with Gasteiger partial charge in [0.05, 0.1) is 23.5 Å². The minimum atomic E-state index is -0.543. The number of amides is 1. The highest BCUT2D eigenvalue weighted by atomic mass is 35.5. The molecule has 0 radical (unpaired) electrons. The molecule has 1 aliphatic rings. The number of nitrogens with one attached hydrogen (secondary N) is 1. The number of hydrogen-bond donors (Lipinski definition) is 1. The molecule has 0 spiro atoms. The van der Waals surface area contributed by atoms with Crippen molar-refractivity contribution in [3.8, 4) is 11.4 Å². The monoisotopic (exact) mass is 492 g/mol. The van der Waals surface area contributed by atoms with Crippen LogP contribution in [0.2, 0.25) is 5.15 Å². The number of nitrogens with zero attached hydrogens (tertiary/aromatic N) is 5. The summed E-state index contributed by atoms with van der Waals surface area (Å²) in [6.45, 7) is 4.98. The van der Waals surface area contributed by atoms with Crippen LogP contribution in [0.1, 0.15) is 52.3 Å². The van der Waals surface area contributed by atoms with Gasteiger partial charge in [0.1, 0.15) is 16.8 Å². The second kappa shape index (κ2) is 9.62. The van der Waals surface area contributed by atoms with E-state index in [0.717, 1.165) is 49.2 Å². The van der Waals surface area contributed by atoms with Crippen LogP contribution in [0.5, 0.6) is 0 Å². The molecule has 3 heterocycles. The fourth-order valence-electron chi connectivity index (χ4n) is 4.43. The van der Waals surface area contributed by atoms with Gasteiger partial charge >= 0.3 is 0 Å². The van der Waals surface area contributed by atoms with Crippen LogP contribution in [-0.4, -0.2) is 30.5 Å². The third-order valence-electron chi connectivity index (χ3n) is 6.33. The van der Waals surface area contributed by atoms with Crippen molar-refractivity contribution in [3.63, 3.8) is 0 Å². The lowest BCUT2D eigenvalue weighted by molar-refractivity contribution is 0.102. The van der Waals surface area contributed by atoms with E-state index in [0.29, 0.717) is 23.6 Å². The molecule has 7 nitrogen and oxygen atoms in total. The van der Waals surface area contributed by atoms with Crippen LogP contribution in [0.4, 0.5) is 10.1 Å². The van der Waals surface area contributed by atoms with E-state index in [2.05, 4.69) is 25.2 Å². The number of benzene rings is 2. The summed E-state index contributed by atoms with van der Waals surface area (Å²) in [6, 6.07) is 12.6. The predicted molar refractivity (Wildman–Crippen MR) is 133 cm³/mol. The summed E-state index contributed by atoms with van der Waals surface area (Å²) in [5, 5.41) is 16.0. The van der Waals surface area contributed by atoms with Crippen molar-refractivity contribution < 1.29 is 9.18 Å². The maximum atomic E-state index is 14.7. The van der Waals surface area contributed by atoms with E-state index in [1.54, 1.807) is 23.7 Å². The lowest BCUT2D eigenvalue weighted by atomic mass is 10.1. The second-order valence-corrected chi connectivity index (χ2v) is 9.30. The van der Waals surface area contributed by atoms with Gasteiger partial charge < -0.3 is 9.88 Å². The highest BCUT2D eigenvalue weighted by Gasteiger charge is 2.23. The first-order valence-electron chi connectivity index (χ1n) is 11.7. The first-order valence-corrected chi connectivity index (χ1v) is 12.1. The van der Waals surface area contributed by atoms with Crippen molar-refractivity contribution in [2.45, 2.75) is 52.6 Å². The van der Waals surface area contributed by atoms with E-state index in [4.69, 9.17) is 11.6 Å². The molecule has 4 aromatic rings. The van der Waals surface area contributed by atoms with E-state index < -0.39 is 11.7 Å². The van der Waals surface area contributed by atoms with Crippen LogP contribution in [0, 0.1) is 19.7 Å². The van der Waals surface area contributed by atoms with Crippen molar-refractivity contribution in [2.24, 2.45) is 0 Å². The molecular weight excluding hydrogens is 467 g/mol. The summed E-state index contributed by atoms with van der Waals surface area (Å²) in [4.78, 5) is 13.1. The van der Waals surface area contributed by atoms with Crippen LogP contribution in [-0.2, 0) is 19.5 Å². The molecular formula is C26H26ClFN6O. The second-order valence-electron chi connectivity index (χ2n) is 8.95. The average molecular weight is 493 g/mol. The number of aromatic nitrogens is 5. The van der Waals surface area contributed by atoms with E-state index in [9.17, 15) is 9.18 Å². The van der Waals surface area contributed by atoms with Crippen LogP contribution in [0.25, 0.3) is 11.4 Å². The van der Waals surface area contributed by atoms with Gasteiger partial charge in [-0.15, -0.1) is 10.2 Å². The number of aryl methyl sites for hydroxylation is 3. The molecule has 180 valence electrons. The molecule has 35 heavy (non-hydrogen) atoms. The molecule has 0 unspecified atom stereocenters. The maximum Gasteiger partial charge on any atom is 0.260 e. The minimum absolute atomic E-state index is 0.0558. The maximum absolute atomic E-state index is 14.7. The normalized spacial score (nSPS) is 13.4. The van der Waals surface area contributed by atoms with Gasteiger partial charge in [-0.2, -0.15) is 5.10 Å². The number of carbonyl (C=O) groups is 1. The van der Waals surface area contributed by atoms with Gasteiger partial charge in [0, 0.05) is 18.5 Å². The zero-order chi connectivity index (χ0) is 24.5.